The molecule has 0 radical (unpaired) electrons. The van der Waals surface area contributed by atoms with Crippen molar-refractivity contribution in [1.29, 1.82) is 0 Å². The number of rotatable bonds is 6. The lowest BCUT2D eigenvalue weighted by atomic mass is 9.76. The first-order valence-electron chi connectivity index (χ1n) is 10.7. The molecule has 0 fully saturated rings. The smallest absolute Gasteiger partial charge is 0.257 e. The Kier molecular flexibility index (Phi) is 5.99. The molecule has 7 heteroatoms. The van der Waals surface area contributed by atoms with Gasteiger partial charge >= 0.3 is 0 Å². The van der Waals surface area contributed by atoms with Crippen LogP contribution in [-0.4, -0.2) is 34.6 Å². The molecule has 1 aliphatic carbocycles. The van der Waals surface area contributed by atoms with Crippen LogP contribution in [0.25, 0.3) is 0 Å². The highest BCUT2D eigenvalue weighted by Gasteiger charge is 2.37. The molecule has 2 N–H and O–H groups in total. The number of carbonyl (C=O) groups excluding carboxylic acids is 1. The van der Waals surface area contributed by atoms with E-state index in [1.165, 1.54) is 11.8 Å². The Labute approximate surface area is 181 Å². The number of aromatic amines is 1. The molecule has 0 unspecified atom stereocenters. The van der Waals surface area contributed by atoms with Crippen LogP contribution in [0.1, 0.15) is 57.1 Å². The summed E-state index contributed by atoms with van der Waals surface area (Å²) in [4.78, 5) is 35.9. The summed E-state index contributed by atoms with van der Waals surface area (Å²) in [6.07, 6.45) is 2.16. The maximum atomic E-state index is 13.1. The average Bonchev–Trinajstić information content (AvgIpc) is 2.74. The van der Waals surface area contributed by atoms with Crippen molar-refractivity contribution in [1.82, 2.24) is 9.97 Å². The van der Waals surface area contributed by atoms with Gasteiger partial charge in [0.05, 0.1) is 5.56 Å². The summed E-state index contributed by atoms with van der Waals surface area (Å²) in [6, 6.07) is 8.27. The van der Waals surface area contributed by atoms with Gasteiger partial charge in [-0.2, -0.15) is 0 Å². The number of Topliss-reactive ketones (excluding diaryl/α,β-unsaturated/α-hetero) is 1. The molecule has 0 bridgehead atoms. The second-order valence-electron chi connectivity index (χ2n) is 7.56. The van der Waals surface area contributed by atoms with Crippen LogP contribution in [0.4, 0.5) is 11.5 Å². The standard InChI is InChI=1S/C23H28N4O2S/c1-4-27(5-2)15-12-10-14(11-13-15)18-19-16(8-7-9-17(19)28)24-21-20(18)22(29)26-23(25-21)30-6-3/h10-13,18H,4-9H2,1-3H3,(H2,24,25,26,29)/t18-/m0/s1. The quantitative estimate of drug-likeness (QED) is 0.532. The van der Waals surface area contributed by atoms with Crippen molar-refractivity contribution >= 4 is 29.1 Å². The van der Waals surface area contributed by atoms with Gasteiger partial charge < -0.3 is 15.2 Å². The van der Waals surface area contributed by atoms with Crippen LogP contribution in [0, 0.1) is 0 Å². The normalized spacial score (nSPS) is 18.0. The Balaban J connectivity index is 1.85. The lowest BCUT2D eigenvalue weighted by molar-refractivity contribution is -0.116. The molecular weight excluding hydrogens is 396 g/mol. The van der Waals surface area contributed by atoms with E-state index in [9.17, 15) is 9.59 Å². The number of carbonyl (C=O) groups is 1. The van der Waals surface area contributed by atoms with E-state index >= 15 is 0 Å². The zero-order chi connectivity index (χ0) is 21.3. The highest BCUT2D eigenvalue weighted by molar-refractivity contribution is 7.99. The summed E-state index contributed by atoms with van der Waals surface area (Å²) >= 11 is 1.50. The molecule has 6 nitrogen and oxygen atoms in total. The van der Waals surface area contributed by atoms with E-state index in [0.717, 1.165) is 54.2 Å². The van der Waals surface area contributed by atoms with Crippen LogP contribution in [0.3, 0.4) is 0 Å². The number of nitrogens with one attached hydrogen (secondary N) is 2. The van der Waals surface area contributed by atoms with E-state index in [-0.39, 0.29) is 17.3 Å². The van der Waals surface area contributed by atoms with Crippen molar-refractivity contribution in [3.63, 3.8) is 0 Å². The molecule has 1 aromatic carbocycles. The predicted octanol–water partition coefficient (Wildman–Crippen LogP) is 4.29. The molecule has 158 valence electrons. The first-order valence-corrected chi connectivity index (χ1v) is 11.7. The van der Waals surface area contributed by atoms with Crippen LogP contribution in [0.2, 0.25) is 0 Å². The van der Waals surface area contributed by atoms with E-state index in [4.69, 9.17) is 0 Å². The topological polar surface area (TPSA) is 78.1 Å². The number of allylic oxidation sites excluding steroid dienone is 2. The van der Waals surface area contributed by atoms with Gasteiger partial charge in [-0.3, -0.25) is 9.59 Å². The van der Waals surface area contributed by atoms with Gasteiger partial charge in [-0.05, 0) is 50.1 Å². The summed E-state index contributed by atoms with van der Waals surface area (Å²) in [7, 11) is 0. The van der Waals surface area contributed by atoms with Gasteiger partial charge in [0, 0.05) is 42.4 Å². The Morgan fingerprint density at radius 2 is 1.83 bits per heavy atom. The minimum atomic E-state index is -0.383. The van der Waals surface area contributed by atoms with E-state index in [2.05, 4.69) is 46.2 Å². The average molecular weight is 425 g/mol. The zero-order valence-corrected chi connectivity index (χ0v) is 18.6. The lowest BCUT2D eigenvalue weighted by Gasteiger charge is -2.33. The molecular formula is C23H28N4O2S. The number of anilines is 2. The minimum absolute atomic E-state index is 0.124. The fourth-order valence-corrected chi connectivity index (χ4v) is 5.04. The van der Waals surface area contributed by atoms with Crippen molar-refractivity contribution in [2.45, 2.75) is 51.1 Å². The molecule has 2 heterocycles. The van der Waals surface area contributed by atoms with E-state index in [1.54, 1.807) is 0 Å². The number of fused-ring (bicyclic) bond motifs is 1. The minimum Gasteiger partial charge on any atom is -0.372 e. The fourth-order valence-electron chi connectivity index (χ4n) is 4.45. The Morgan fingerprint density at radius 1 is 1.10 bits per heavy atom. The van der Waals surface area contributed by atoms with Crippen molar-refractivity contribution in [2.75, 3.05) is 29.1 Å². The van der Waals surface area contributed by atoms with Crippen molar-refractivity contribution in [3.8, 4) is 0 Å². The van der Waals surface area contributed by atoms with Gasteiger partial charge in [0.2, 0.25) is 0 Å². The molecule has 4 rings (SSSR count). The summed E-state index contributed by atoms with van der Waals surface area (Å²) in [6.45, 7) is 8.16. The van der Waals surface area contributed by atoms with Gasteiger partial charge in [-0.1, -0.05) is 30.8 Å². The SMILES string of the molecule is CCSc1nc2c(c(=O)[nH]1)[C@@H](c1ccc(N(CC)CC)cc1)C1=C(CCCC1=O)N2. The zero-order valence-electron chi connectivity index (χ0n) is 17.7. The number of hydrogen-bond acceptors (Lipinski definition) is 6. The molecule has 1 atom stereocenters. The molecule has 0 spiro atoms. The largest absolute Gasteiger partial charge is 0.372 e. The number of thioether (sulfide) groups is 1. The third kappa shape index (κ3) is 3.67. The first-order chi connectivity index (χ1) is 14.6. The highest BCUT2D eigenvalue weighted by atomic mass is 32.2. The van der Waals surface area contributed by atoms with Gasteiger partial charge in [0.25, 0.3) is 5.56 Å². The molecule has 1 aromatic heterocycles. The number of aromatic nitrogens is 2. The number of benzene rings is 1. The van der Waals surface area contributed by atoms with Crippen molar-refractivity contribution < 1.29 is 4.79 Å². The number of ketones is 1. The Bertz CT molecular complexity index is 1040. The fraction of sp³-hybridized carbons (Fsp3) is 0.435. The summed E-state index contributed by atoms with van der Waals surface area (Å²) in [5.41, 5.74) is 4.12. The first kappa shape index (κ1) is 20.7. The molecule has 1 aliphatic heterocycles. The second-order valence-corrected chi connectivity index (χ2v) is 8.81. The van der Waals surface area contributed by atoms with Gasteiger partial charge in [0.1, 0.15) is 5.82 Å². The van der Waals surface area contributed by atoms with Crippen LogP contribution in [0.15, 0.2) is 45.5 Å². The van der Waals surface area contributed by atoms with E-state index in [0.29, 0.717) is 23.0 Å². The third-order valence-corrected chi connectivity index (χ3v) is 6.63. The highest BCUT2D eigenvalue weighted by Crippen LogP contribution is 2.43. The second kappa shape index (κ2) is 8.68. The van der Waals surface area contributed by atoms with E-state index in [1.807, 2.05) is 19.1 Å². The van der Waals surface area contributed by atoms with Gasteiger partial charge in [-0.15, -0.1) is 0 Å². The number of nitrogens with zero attached hydrogens (tertiary/aromatic N) is 2. The number of hydrogen-bond donors (Lipinski definition) is 2. The molecule has 0 saturated carbocycles. The summed E-state index contributed by atoms with van der Waals surface area (Å²) in [5, 5.41) is 3.93. The summed E-state index contributed by atoms with van der Waals surface area (Å²) < 4.78 is 0. The van der Waals surface area contributed by atoms with E-state index < -0.39 is 0 Å². The maximum Gasteiger partial charge on any atom is 0.257 e. The molecule has 2 aromatic rings. The van der Waals surface area contributed by atoms with Crippen molar-refractivity contribution in [2.24, 2.45) is 0 Å². The lowest BCUT2D eigenvalue weighted by Crippen LogP contribution is -2.32. The van der Waals surface area contributed by atoms with Gasteiger partial charge in [-0.25, -0.2) is 4.98 Å². The monoisotopic (exact) mass is 424 g/mol. The Hall–Kier alpha value is -2.54. The van der Waals surface area contributed by atoms with Crippen molar-refractivity contribution in [3.05, 3.63) is 57.0 Å². The van der Waals surface area contributed by atoms with Crippen LogP contribution < -0.4 is 15.8 Å². The Morgan fingerprint density at radius 3 is 2.50 bits per heavy atom. The maximum absolute atomic E-state index is 13.1. The van der Waals surface area contributed by atoms with Crippen LogP contribution in [0.5, 0.6) is 0 Å². The third-order valence-electron chi connectivity index (χ3n) is 5.87. The number of H-pyrrole nitrogens is 1. The van der Waals surface area contributed by atoms with Gasteiger partial charge in [0.15, 0.2) is 10.9 Å². The van der Waals surface area contributed by atoms with Crippen LogP contribution >= 0.6 is 11.8 Å². The molecule has 0 saturated heterocycles. The molecule has 2 aliphatic rings. The summed E-state index contributed by atoms with van der Waals surface area (Å²) in [5.74, 6) is 1.15. The van der Waals surface area contributed by atoms with Crippen LogP contribution in [-0.2, 0) is 4.79 Å². The predicted molar refractivity (Wildman–Crippen MR) is 123 cm³/mol. The molecule has 0 amide bonds. The molecule has 30 heavy (non-hydrogen) atoms.